The van der Waals surface area contributed by atoms with E-state index in [4.69, 9.17) is 12.2 Å². The highest BCUT2D eigenvalue weighted by Crippen LogP contribution is 2.31. The molecule has 27 heavy (non-hydrogen) atoms. The molecule has 138 valence electrons. The van der Waals surface area contributed by atoms with Crippen molar-refractivity contribution < 1.29 is 14.1 Å². The number of carbonyl (C=O) groups is 1. The zero-order valence-corrected chi connectivity index (χ0v) is 14.8. The smallest absolute Gasteiger partial charge is 0.269 e. The molecule has 1 amide bonds. The fourth-order valence-corrected chi connectivity index (χ4v) is 3.11. The minimum Gasteiger partial charge on any atom is -0.354 e. The molecular weight excluding hydrogens is 371 g/mol. The summed E-state index contributed by atoms with van der Waals surface area (Å²) in [6, 6.07) is 11.0. The summed E-state index contributed by atoms with van der Waals surface area (Å²) in [7, 11) is 0. The van der Waals surface area contributed by atoms with E-state index in [2.05, 4.69) is 22.5 Å². The Balaban J connectivity index is 1.90. The van der Waals surface area contributed by atoms with Crippen LogP contribution in [0.4, 0.5) is 15.8 Å². The van der Waals surface area contributed by atoms with Gasteiger partial charge in [-0.1, -0.05) is 30.8 Å². The number of nitro benzene ring substituents is 1. The second kappa shape index (κ2) is 7.50. The number of hydrogen-bond donors (Lipinski definition) is 3. The summed E-state index contributed by atoms with van der Waals surface area (Å²) >= 11 is 5.13. The molecule has 0 unspecified atom stereocenters. The Kier molecular flexibility index (Phi) is 5.13. The summed E-state index contributed by atoms with van der Waals surface area (Å²) in [5.41, 5.74) is 0.933. The van der Waals surface area contributed by atoms with Gasteiger partial charge < -0.3 is 16.0 Å². The highest BCUT2D eigenvalue weighted by atomic mass is 32.1. The molecule has 1 saturated heterocycles. The van der Waals surface area contributed by atoms with Gasteiger partial charge >= 0.3 is 0 Å². The molecule has 1 fully saturated rings. The maximum Gasteiger partial charge on any atom is 0.269 e. The lowest BCUT2D eigenvalue weighted by molar-refractivity contribution is -0.384. The van der Waals surface area contributed by atoms with Crippen LogP contribution in [0.15, 0.2) is 60.8 Å². The molecule has 0 spiro atoms. The Morgan fingerprint density at radius 2 is 1.89 bits per heavy atom. The minimum absolute atomic E-state index is 0.0471. The molecule has 9 heteroatoms. The zero-order chi connectivity index (χ0) is 19.6. The monoisotopic (exact) mass is 386 g/mol. The summed E-state index contributed by atoms with van der Waals surface area (Å²) < 4.78 is 13.9. The molecular formula is C18H15FN4O3S. The molecule has 0 bridgehead atoms. The molecule has 0 aromatic heterocycles. The lowest BCUT2D eigenvalue weighted by Gasteiger charge is -2.35. The van der Waals surface area contributed by atoms with E-state index in [0.717, 1.165) is 0 Å². The van der Waals surface area contributed by atoms with Gasteiger partial charge in [0.25, 0.3) is 5.69 Å². The van der Waals surface area contributed by atoms with Crippen molar-refractivity contribution in [2.75, 3.05) is 5.32 Å². The average Bonchev–Trinajstić information content (AvgIpc) is 2.63. The van der Waals surface area contributed by atoms with Gasteiger partial charge in [-0.2, -0.15) is 0 Å². The Morgan fingerprint density at radius 1 is 1.22 bits per heavy atom. The van der Waals surface area contributed by atoms with E-state index in [-0.39, 0.29) is 16.5 Å². The lowest BCUT2D eigenvalue weighted by atomic mass is 9.88. The van der Waals surface area contributed by atoms with Crippen LogP contribution in [-0.2, 0) is 4.79 Å². The number of nitrogens with one attached hydrogen (secondary N) is 3. The molecule has 1 aliphatic heterocycles. The van der Waals surface area contributed by atoms with Crippen LogP contribution in [0.25, 0.3) is 0 Å². The fraction of sp³-hybridized carbons (Fsp3) is 0.111. The highest BCUT2D eigenvalue weighted by Gasteiger charge is 2.37. The van der Waals surface area contributed by atoms with Crippen molar-refractivity contribution in [3.63, 3.8) is 0 Å². The molecule has 0 saturated carbocycles. The van der Waals surface area contributed by atoms with Gasteiger partial charge in [-0.25, -0.2) is 4.39 Å². The van der Waals surface area contributed by atoms with Crippen molar-refractivity contribution in [2.24, 2.45) is 5.92 Å². The number of para-hydroxylation sites is 1. The number of amides is 1. The number of halogens is 1. The number of rotatable bonds is 4. The molecule has 1 heterocycles. The van der Waals surface area contributed by atoms with E-state index in [9.17, 15) is 19.3 Å². The van der Waals surface area contributed by atoms with E-state index in [1.54, 1.807) is 18.2 Å². The van der Waals surface area contributed by atoms with Crippen LogP contribution in [0.2, 0.25) is 0 Å². The number of hydrogen-bond acceptors (Lipinski definition) is 4. The van der Waals surface area contributed by atoms with Gasteiger partial charge in [0.15, 0.2) is 5.11 Å². The molecule has 0 aliphatic carbocycles. The lowest BCUT2D eigenvalue weighted by Crippen LogP contribution is -2.51. The quantitative estimate of drug-likeness (QED) is 0.425. The van der Waals surface area contributed by atoms with Crippen LogP contribution >= 0.6 is 12.2 Å². The van der Waals surface area contributed by atoms with E-state index >= 15 is 0 Å². The first kappa shape index (κ1) is 18.5. The predicted octanol–water partition coefficient (Wildman–Crippen LogP) is 3.02. The van der Waals surface area contributed by atoms with E-state index < -0.39 is 28.6 Å². The number of anilines is 1. The summed E-state index contributed by atoms with van der Waals surface area (Å²) in [6.45, 7) is 3.85. The largest absolute Gasteiger partial charge is 0.354 e. The van der Waals surface area contributed by atoms with Gasteiger partial charge in [0.2, 0.25) is 5.91 Å². The highest BCUT2D eigenvalue weighted by molar-refractivity contribution is 7.80. The number of thiocarbonyl (C=S) groups is 1. The summed E-state index contributed by atoms with van der Waals surface area (Å²) in [6.07, 6.45) is 0. The first-order valence-electron chi connectivity index (χ1n) is 7.93. The van der Waals surface area contributed by atoms with E-state index in [0.29, 0.717) is 11.3 Å². The SMILES string of the molecule is C=C1NC(=S)N[C@H](c2ccc([N+](=O)[O-])cc2)[C@H]1C(=O)Nc1ccccc1F. The third-order valence-electron chi connectivity index (χ3n) is 4.15. The van der Waals surface area contributed by atoms with Crippen LogP contribution in [0.5, 0.6) is 0 Å². The normalized spacial score (nSPS) is 19.0. The average molecular weight is 386 g/mol. The van der Waals surface area contributed by atoms with Crippen molar-refractivity contribution >= 4 is 34.6 Å². The number of nitro groups is 1. The number of non-ortho nitro benzene ring substituents is 1. The standard InChI is InChI=1S/C18H15FN4O3S/c1-10-15(17(24)21-14-5-3-2-4-13(14)19)16(22-18(27)20-10)11-6-8-12(9-7-11)23(25)26/h2-9,15-16H,1H2,(H,21,24)(H2,20,22,27)/t15-,16+/m0/s1. The van der Waals surface area contributed by atoms with Crippen molar-refractivity contribution in [3.05, 3.63) is 82.3 Å². The van der Waals surface area contributed by atoms with E-state index in [1.165, 1.54) is 30.3 Å². The summed E-state index contributed by atoms with van der Waals surface area (Å²) in [5, 5.41) is 19.5. The Labute approximate surface area is 159 Å². The predicted molar refractivity (Wildman–Crippen MR) is 102 cm³/mol. The van der Waals surface area contributed by atoms with Crippen LogP contribution in [0.1, 0.15) is 11.6 Å². The molecule has 2 atom stereocenters. The van der Waals surface area contributed by atoms with Crippen LogP contribution in [0, 0.1) is 21.8 Å². The van der Waals surface area contributed by atoms with Crippen molar-refractivity contribution in [1.29, 1.82) is 0 Å². The molecule has 0 radical (unpaired) electrons. The number of benzene rings is 2. The first-order chi connectivity index (χ1) is 12.9. The van der Waals surface area contributed by atoms with Crippen LogP contribution < -0.4 is 16.0 Å². The minimum atomic E-state index is -0.822. The van der Waals surface area contributed by atoms with Gasteiger partial charge in [0.05, 0.1) is 16.7 Å². The molecule has 3 N–H and O–H groups in total. The van der Waals surface area contributed by atoms with Crippen LogP contribution in [0.3, 0.4) is 0 Å². The van der Waals surface area contributed by atoms with Gasteiger partial charge in [0, 0.05) is 17.8 Å². The second-order valence-corrected chi connectivity index (χ2v) is 6.31. The molecule has 2 aromatic carbocycles. The van der Waals surface area contributed by atoms with Gasteiger partial charge in [-0.05, 0) is 29.9 Å². The molecule has 7 nitrogen and oxygen atoms in total. The topological polar surface area (TPSA) is 96.3 Å². The fourth-order valence-electron chi connectivity index (χ4n) is 2.85. The Morgan fingerprint density at radius 3 is 2.52 bits per heavy atom. The van der Waals surface area contributed by atoms with Crippen molar-refractivity contribution in [1.82, 2.24) is 10.6 Å². The van der Waals surface area contributed by atoms with Crippen molar-refractivity contribution in [3.8, 4) is 0 Å². The Bertz CT molecular complexity index is 932. The maximum atomic E-state index is 13.9. The van der Waals surface area contributed by atoms with Gasteiger partial charge in [-0.3, -0.25) is 14.9 Å². The summed E-state index contributed by atoms with van der Waals surface area (Å²) in [4.78, 5) is 23.2. The number of nitrogens with zero attached hydrogens (tertiary/aromatic N) is 1. The zero-order valence-electron chi connectivity index (χ0n) is 13.9. The van der Waals surface area contributed by atoms with Crippen LogP contribution in [-0.4, -0.2) is 15.9 Å². The summed E-state index contributed by atoms with van der Waals surface area (Å²) in [5.74, 6) is -1.87. The number of carbonyl (C=O) groups excluding carboxylic acids is 1. The van der Waals surface area contributed by atoms with E-state index in [1.807, 2.05) is 0 Å². The maximum absolute atomic E-state index is 13.9. The first-order valence-corrected chi connectivity index (χ1v) is 8.33. The molecule has 3 rings (SSSR count). The molecule has 2 aromatic rings. The second-order valence-electron chi connectivity index (χ2n) is 5.90. The molecule has 1 aliphatic rings. The third-order valence-corrected chi connectivity index (χ3v) is 4.37. The van der Waals surface area contributed by atoms with Crippen molar-refractivity contribution in [2.45, 2.75) is 6.04 Å². The Hall–Kier alpha value is -3.33. The third kappa shape index (κ3) is 3.93. The van der Waals surface area contributed by atoms with Gasteiger partial charge in [-0.15, -0.1) is 0 Å². The van der Waals surface area contributed by atoms with Gasteiger partial charge in [0.1, 0.15) is 11.7 Å².